The summed E-state index contributed by atoms with van der Waals surface area (Å²) in [7, 11) is 0. The third-order valence-corrected chi connectivity index (χ3v) is 6.78. The molecule has 0 saturated carbocycles. The Morgan fingerprint density at radius 2 is 1.83 bits per heavy atom. The van der Waals surface area contributed by atoms with Gasteiger partial charge in [-0.25, -0.2) is 4.68 Å². The molecule has 0 aliphatic heterocycles. The molecule has 0 spiro atoms. The van der Waals surface area contributed by atoms with Gasteiger partial charge in [0.2, 0.25) is 0 Å². The van der Waals surface area contributed by atoms with Gasteiger partial charge in [-0.15, -0.1) is 5.10 Å². The Hall–Kier alpha value is -4.69. The van der Waals surface area contributed by atoms with E-state index in [1.54, 1.807) is 36.7 Å². The standard InChI is InChI=1S/C29H24ClF3N8/c1-2-24(18-7-4-3-5-8-18)38-26-20(13-34)15-36-28-22(26)11-21(12-23(28)30)37-27(19-9-6-10-35-14-19)25-16-41(40-39-25)17-29(31,32)33/h3-12,14-16,24,27,37H,2,17H2,1H3,(H,36,38). The minimum atomic E-state index is -4.45. The number of hydrogen-bond donors (Lipinski definition) is 2. The molecular weight excluding hydrogens is 553 g/mol. The van der Waals surface area contributed by atoms with Crippen LogP contribution in [0.2, 0.25) is 5.02 Å². The van der Waals surface area contributed by atoms with Crippen LogP contribution in [0.5, 0.6) is 0 Å². The van der Waals surface area contributed by atoms with E-state index in [9.17, 15) is 18.4 Å². The zero-order valence-corrected chi connectivity index (χ0v) is 22.5. The number of benzene rings is 2. The highest BCUT2D eigenvalue weighted by Crippen LogP contribution is 2.37. The molecule has 0 fully saturated rings. The van der Waals surface area contributed by atoms with E-state index in [1.165, 1.54) is 12.4 Å². The van der Waals surface area contributed by atoms with Crippen LogP contribution < -0.4 is 10.6 Å². The molecule has 0 aliphatic carbocycles. The maximum absolute atomic E-state index is 13.0. The van der Waals surface area contributed by atoms with Gasteiger partial charge in [0.05, 0.1) is 40.1 Å². The van der Waals surface area contributed by atoms with Gasteiger partial charge in [0.15, 0.2) is 0 Å². The lowest BCUT2D eigenvalue weighted by atomic mass is 10.0. The molecule has 8 nitrogen and oxygen atoms in total. The summed E-state index contributed by atoms with van der Waals surface area (Å²) in [4.78, 5) is 8.58. The minimum absolute atomic E-state index is 0.0869. The van der Waals surface area contributed by atoms with E-state index in [2.05, 4.69) is 37.0 Å². The fraction of sp³-hybridized carbons (Fsp3) is 0.207. The molecule has 2 unspecified atom stereocenters. The van der Waals surface area contributed by atoms with E-state index in [-0.39, 0.29) is 11.7 Å². The molecular formula is C29H24ClF3N8. The third-order valence-electron chi connectivity index (χ3n) is 6.50. The van der Waals surface area contributed by atoms with Gasteiger partial charge in [-0.05, 0) is 35.7 Å². The zero-order chi connectivity index (χ0) is 29.0. The SMILES string of the molecule is CCC(Nc1c(C#N)cnc2c(Cl)cc(NC(c3cccnc3)c3cn(CC(F)(F)F)nn3)cc12)c1ccccc1. The number of nitriles is 1. The van der Waals surface area contributed by atoms with Crippen molar-refractivity contribution in [2.45, 2.75) is 38.1 Å². The lowest BCUT2D eigenvalue weighted by Gasteiger charge is -2.22. The monoisotopic (exact) mass is 576 g/mol. The first-order chi connectivity index (χ1) is 19.8. The van der Waals surface area contributed by atoms with Crippen LogP contribution in [0.15, 0.2) is 79.4 Å². The number of pyridine rings is 2. The topological polar surface area (TPSA) is 104 Å². The molecule has 208 valence electrons. The van der Waals surface area contributed by atoms with E-state index in [0.29, 0.717) is 38.4 Å². The first-order valence-electron chi connectivity index (χ1n) is 12.7. The lowest BCUT2D eigenvalue weighted by Crippen LogP contribution is -2.18. The van der Waals surface area contributed by atoms with Crippen LogP contribution in [0.4, 0.5) is 24.5 Å². The zero-order valence-electron chi connectivity index (χ0n) is 21.8. The molecule has 0 saturated heterocycles. The van der Waals surface area contributed by atoms with E-state index < -0.39 is 18.8 Å². The molecule has 0 amide bonds. The number of halogens is 4. The van der Waals surface area contributed by atoms with Gasteiger partial charge < -0.3 is 10.6 Å². The predicted molar refractivity (Wildman–Crippen MR) is 150 cm³/mol. The molecule has 5 rings (SSSR count). The van der Waals surface area contributed by atoms with Crippen molar-refractivity contribution in [1.29, 1.82) is 5.26 Å². The third kappa shape index (κ3) is 6.39. The number of nitrogens with one attached hydrogen (secondary N) is 2. The Kier molecular flexibility index (Phi) is 8.03. The Balaban J connectivity index is 1.57. The Bertz CT molecular complexity index is 1680. The first kappa shape index (κ1) is 27.9. The Labute approximate surface area is 238 Å². The molecule has 2 aromatic carbocycles. The molecule has 41 heavy (non-hydrogen) atoms. The molecule has 3 aromatic heterocycles. The Morgan fingerprint density at radius 3 is 2.51 bits per heavy atom. The van der Waals surface area contributed by atoms with Gasteiger partial charge in [-0.1, -0.05) is 60.1 Å². The number of hydrogen-bond acceptors (Lipinski definition) is 7. The summed E-state index contributed by atoms with van der Waals surface area (Å²) in [5.74, 6) is 0. The number of fused-ring (bicyclic) bond motifs is 1. The number of aromatic nitrogens is 5. The fourth-order valence-electron chi connectivity index (χ4n) is 4.61. The summed E-state index contributed by atoms with van der Waals surface area (Å²) in [6.07, 6.45) is 2.22. The molecule has 3 heterocycles. The predicted octanol–water partition coefficient (Wildman–Crippen LogP) is 7.07. The molecule has 2 N–H and O–H groups in total. The molecule has 5 aromatic rings. The largest absolute Gasteiger partial charge is 0.408 e. The fourth-order valence-corrected chi connectivity index (χ4v) is 4.88. The first-order valence-corrected chi connectivity index (χ1v) is 13.1. The second-order valence-corrected chi connectivity index (χ2v) is 9.76. The van der Waals surface area contributed by atoms with Crippen molar-refractivity contribution in [1.82, 2.24) is 25.0 Å². The molecule has 12 heteroatoms. The summed E-state index contributed by atoms with van der Waals surface area (Å²) in [6.45, 7) is 0.781. The normalized spacial score (nSPS) is 13.0. The van der Waals surface area contributed by atoms with Crippen molar-refractivity contribution in [3.8, 4) is 6.07 Å². The maximum atomic E-state index is 13.0. The average Bonchev–Trinajstić information content (AvgIpc) is 3.42. The van der Waals surface area contributed by atoms with Gasteiger partial charge >= 0.3 is 6.18 Å². The second kappa shape index (κ2) is 11.8. The second-order valence-electron chi connectivity index (χ2n) is 9.35. The van der Waals surface area contributed by atoms with Crippen molar-refractivity contribution in [3.63, 3.8) is 0 Å². The van der Waals surface area contributed by atoms with Crippen molar-refractivity contribution in [2.24, 2.45) is 0 Å². The highest BCUT2D eigenvalue weighted by Gasteiger charge is 2.29. The lowest BCUT2D eigenvalue weighted by molar-refractivity contribution is -0.142. The van der Waals surface area contributed by atoms with Gasteiger partial charge in [-0.2, -0.15) is 18.4 Å². The van der Waals surface area contributed by atoms with Gasteiger partial charge in [0.1, 0.15) is 18.3 Å². The molecule has 0 bridgehead atoms. The minimum Gasteiger partial charge on any atom is -0.377 e. The molecule has 2 atom stereocenters. The molecule has 0 aliphatic rings. The van der Waals surface area contributed by atoms with Crippen LogP contribution >= 0.6 is 11.6 Å². The quantitative estimate of drug-likeness (QED) is 0.193. The van der Waals surface area contributed by atoms with Crippen molar-refractivity contribution >= 4 is 33.9 Å². The summed E-state index contributed by atoms with van der Waals surface area (Å²) >= 11 is 6.69. The number of anilines is 2. The van der Waals surface area contributed by atoms with Crippen molar-refractivity contribution in [2.75, 3.05) is 10.6 Å². The van der Waals surface area contributed by atoms with Crippen LogP contribution in [0, 0.1) is 11.3 Å². The average molecular weight is 577 g/mol. The highest BCUT2D eigenvalue weighted by molar-refractivity contribution is 6.35. The van der Waals surface area contributed by atoms with Crippen molar-refractivity contribution in [3.05, 3.63) is 107 Å². The van der Waals surface area contributed by atoms with Crippen LogP contribution in [0.1, 0.15) is 47.8 Å². The van der Waals surface area contributed by atoms with Gasteiger partial charge in [-0.3, -0.25) is 9.97 Å². The van der Waals surface area contributed by atoms with E-state index in [0.717, 1.165) is 16.7 Å². The number of nitrogens with zero attached hydrogens (tertiary/aromatic N) is 6. The summed E-state index contributed by atoms with van der Waals surface area (Å²) in [6, 6.07) is 18.3. The smallest absolute Gasteiger partial charge is 0.377 e. The van der Waals surface area contributed by atoms with Gasteiger partial charge in [0, 0.05) is 29.7 Å². The van der Waals surface area contributed by atoms with E-state index >= 15 is 0 Å². The van der Waals surface area contributed by atoms with Crippen molar-refractivity contribution < 1.29 is 13.2 Å². The van der Waals surface area contributed by atoms with Gasteiger partial charge in [0.25, 0.3) is 0 Å². The summed E-state index contributed by atoms with van der Waals surface area (Å²) in [5.41, 5.74) is 3.93. The highest BCUT2D eigenvalue weighted by atomic mass is 35.5. The van der Waals surface area contributed by atoms with Crippen LogP contribution in [-0.4, -0.2) is 31.1 Å². The van der Waals surface area contributed by atoms with E-state index in [4.69, 9.17) is 11.6 Å². The van der Waals surface area contributed by atoms with Crippen LogP contribution in [0.3, 0.4) is 0 Å². The van der Waals surface area contributed by atoms with Crippen LogP contribution in [0.25, 0.3) is 10.9 Å². The van der Waals surface area contributed by atoms with E-state index in [1.807, 2.05) is 37.3 Å². The van der Waals surface area contributed by atoms with Crippen LogP contribution in [-0.2, 0) is 6.54 Å². The molecule has 0 radical (unpaired) electrons. The number of alkyl halides is 3. The summed E-state index contributed by atoms with van der Waals surface area (Å²) in [5, 5.41) is 25.4. The summed E-state index contributed by atoms with van der Waals surface area (Å²) < 4.78 is 39.7. The number of rotatable bonds is 9. The maximum Gasteiger partial charge on any atom is 0.408 e. The Morgan fingerprint density at radius 1 is 1.05 bits per heavy atom.